The van der Waals surface area contributed by atoms with Gasteiger partial charge >= 0.3 is 5.97 Å². The molecule has 0 spiro atoms. The number of aromatic nitrogens is 2. The first-order valence-electron chi connectivity index (χ1n) is 6.72. The van der Waals surface area contributed by atoms with Crippen LogP contribution in [0.5, 0.6) is 5.75 Å². The van der Waals surface area contributed by atoms with Gasteiger partial charge < -0.3 is 14.4 Å². The van der Waals surface area contributed by atoms with E-state index >= 15 is 0 Å². The van der Waals surface area contributed by atoms with E-state index in [-0.39, 0.29) is 17.6 Å². The van der Waals surface area contributed by atoms with Crippen LogP contribution in [-0.4, -0.2) is 27.7 Å². The van der Waals surface area contributed by atoms with Gasteiger partial charge in [-0.05, 0) is 18.6 Å². The van der Waals surface area contributed by atoms with Crippen LogP contribution in [0.15, 0.2) is 24.3 Å². The standard InChI is InChI=1S/C15H15ClN2O3/c1-21-15(20)10-5-6-18-12(8-10)13(16)17-14(18)9-3-2-4-11(19)7-9/h2-4,7,10,19H,5-6,8H2,1H3. The molecular formula is C15H15ClN2O3. The molecule has 0 aliphatic carbocycles. The van der Waals surface area contributed by atoms with Crippen molar-refractivity contribution in [2.75, 3.05) is 7.11 Å². The Kier molecular flexibility index (Phi) is 3.59. The van der Waals surface area contributed by atoms with Crippen LogP contribution >= 0.6 is 11.6 Å². The summed E-state index contributed by atoms with van der Waals surface area (Å²) in [6.45, 7) is 0.653. The minimum atomic E-state index is -0.211. The fourth-order valence-corrected chi connectivity index (χ4v) is 3.01. The fraction of sp³-hybridized carbons (Fsp3) is 0.333. The molecule has 0 fully saturated rings. The average molecular weight is 307 g/mol. The van der Waals surface area contributed by atoms with Crippen molar-refractivity contribution in [1.82, 2.24) is 9.55 Å². The highest BCUT2D eigenvalue weighted by Gasteiger charge is 2.30. The van der Waals surface area contributed by atoms with E-state index in [1.807, 2.05) is 10.6 Å². The second-order valence-corrected chi connectivity index (χ2v) is 5.45. The largest absolute Gasteiger partial charge is 0.508 e. The van der Waals surface area contributed by atoms with Crippen LogP contribution in [0.3, 0.4) is 0 Å². The Morgan fingerprint density at radius 2 is 2.33 bits per heavy atom. The summed E-state index contributed by atoms with van der Waals surface area (Å²) in [7, 11) is 1.40. The van der Waals surface area contributed by atoms with Gasteiger partial charge in [0.2, 0.25) is 0 Å². The van der Waals surface area contributed by atoms with Gasteiger partial charge in [-0.25, -0.2) is 4.98 Å². The summed E-state index contributed by atoms with van der Waals surface area (Å²) in [5.41, 5.74) is 1.65. The van der Waals surface area contributed by atoms with Crippen molar-refractivity contribution in [3.05, 3.63) is 35.1 Å². The first-order valence-corrected chi connectivity index (χ1v) is 7.10. The number of phenolic OH excluding ortho intramolecular Hbond substituents is 1. The van der Waals surface area contributed by atoms with Crippen LogP contribution in [0.1, 0.15) is 12.1 Å². The van der Waals surface area contributed by atoms with Gasteiger partial charge in [0.05, 0.1) is 18.7 Å². The van der Waals surface area contributed by atoms with E-state index in [0.29, 0.717) is 30.4 Å². The van der Waals surface area contributed by atoms with Gasteiger partial charge in [0.25, 0.3) is 0 Å². The zero-order chi connectivity index (χ0) is 15.0. The Morgan fingerprint density at radius 3 is 3.05 bits per heavy atom. The van der Waals surface area contributed by atoms with Crippen molar-refractivity contribution >= 4 is 17.6 Å². The molecule has 2 aromatic rings. The number of carbonyl (C=O) groups is 1. The normalized spacial score (nSPS) is 17.3. The number of aromatic hydroxyl groups is 1. The molecule has 1 aromatic heterocycles. The summed E-state index contributed by atoms with van der Waals surface area (Å²) < 4.78 is 6.82. The molecule has 1 aliphatic rings. The van der Waals surface area contributed by atoms with Crippen LogP contribution < -0.4 is 0 Å². The summed E-state index contributed by atoms with van der Waals surface area (Å²) in [5.74, 6) is 0.518. The van der Waals surface area contributed by atoms with Crippen LogP contribution in [0.25, 0.3) is 11.4 Å². The first kappa shape index (κ1) is 13.9. The molecule has 1 aliphatic heterocycles. The number of rotatable bonds is 2. The van der Waals surface area contributed by atoms with Crippen molar-refractivity contribution in [2.45, 2.75) is 19.4 Å². The number of halogens is 1. The Labute approximate surface area is 127 Å². The summed E-state index contributed by atoms with van der Waals surface area (Å²) in [4.78, 5) is 16.1. The molecule has 1 atom stereocenters. The van der Waals surface area contributed by atoms with Crippen molar-refractivity contribution in [3.8, 4) is 17.1 Å². The van der Waals surface area contributed by atoms with Crippen LogP contribution in [0, 0.1) is 5.92 Å². The molecule has 0 saturated heterocycles. The number of benzene rings is 1. The molecule has 3 rings (SSSR count). The Balaban J connectivity index is 1.99. The van der Waals surface area contributed by atoms with Gasteiger partial charge in [0.1, 0.15) is 11.6 Å². The molecule has 1 unspecified atom stereocenters. The molecule has 0 bridgehead atoms. The molecular weight excluding hydrogens is 292 g/mol. The van der Waals surface area contributed by atoms with Crippen molar-refractivity contribution in [1.29, 1.82) is 0 Å². The predicted octanol–water partition coefficient (Wildman–Crippen LogP) is 2.64. The molecule has 21 heavy (non-hydrogen) atoms. The summed E-state index contributed by atoms with van der Waals surface area (Å²) >= 11 is 6.22. The Morgan fingerprint density at radius 1 is 1.52 bits per heavy atom. The molecule has 1 aromatic carbocycles. The van der Waals surface area contributed by atoms with E-state index in [1.165, 1.54) is 7.11 Å². The number of imidazole rings is 1. The van der Waals surface area contributed by atoms with Gasteiger partial charge in [-0.1, -0.05) is 23.7 Å². The summed E-state index contributed by atoms with van der Waals surface area (Å²) in [6.07, 6.45) is 1.22. The SMILES string of the molecule is COC(=O)C1CCn2c(-c3cccc(O)c3)nc(Cl)c2C1. The van der Waals surface area contributed by atoms with Crippen LogP contribution in [-0.2, 0) is 22.5 Å². The third-order valence-corrected chi connectivity index (χ3v) is 4.11. The van der Waals surface area contributed by atoms with E-state index in [1.54, 1.807) is 18.2 Å². The molecule has 0 radical (unpaired) electrons. The number of carbonyl (C=O) groups excluding carboxylic acids is 1. The highest BCUT2D eigenvalue weighted by atomic mass is 35.5. The fourth-order valence-electron chi connectivity index (χ4n) is 2.75. The maximum absolute atomic E-state index is 11.7. The second kappa shape index (κ2) is 5.41. The maximum Gasteiger partial charge on any atom is 0.309 e. The number of phenols is 1. The molecule has 110 valence electrons. The second-order valence-electron chi connectivity index (χ2n) is 5.09. The van der Waals surface area contributed by atoms with E-state index in [4.69, 9.17) is 16.3 Å². The topological polar surface area (TPSA) is 64.3 Å². The minimum absolute atomic E-state index is 0.172. The van der Waals surface area contributed by atoms with Crippen molar-refractivity contribution in [2.24, 2.45) is 5.92 Å². The maximum atomic E-state index is 11.7. The van der Waals surface area contributed by atoms with Gasteiger partial charge in [0, 0.05) is 18.5 Å². The Hall–Kier alpha value is -2.01. The average Bonchev–Trinajstić information content (AvgIpc) is 2.83. The number of esters is 1. The van der Waals surface area contributed by atoms with Crippen LogP contribution in [0.4, 0.5) is 0 Å². The summed E-state index contributed by atoms with van der Waals surface area (Å²) in [6, 6.07) is 6.90. The lowest BCUT2D eigenvalue weighted by Crippen LogP contribution is -2.26. The number of fused-ring (bicyclic) bond motifs is 1. The Bertz CT molecular complexity index is 696. The molecule has 0 amide bonds. The smallest absolute Gasteiger partial charge is 0.309 e. The zero-order valence-electron chi connectivity index (χ0n) is 11.5. The predicted molar refractivity (Wildman–Crippen MR) is 78.2 cm³/mol. The third-order valence-electron chi connectivity index (χ3n) is 3.80. The zero-order valence-corrected chi connectivity index (χ0v) is 12.3. The minimum Gasteiger partial charge on any atom is -0.508 e. The molecule has 6 heteroatoms. The van der Waals surface area contributed by atoms with Gasteiger partial charge in [0.15, 0.2) is 5.15 Å². The lowest BCUT2D eigenvalue weighted by Gasteiger charge is -2.23. The van der Waals surface area contributed by atoms with Gasteiger partial charge in [-0.15, -0.1) is 0 Å². The summed E-state index contributed by atoms with van der Waals surface area (Å²) in [5, 5.41) is 10.0. The third kappa shape index (κ3) is 2.49. The highest BCUT2D eigenvalue weighted by molar-refractivity contribution is 6.30. The molecule has 0 saturated carbocycles. The number of hydrogen-bond acceptors (Lipinski definition) is 4. The van der Waals surface area contributed by atoms with E-state index < -0.39 is 0 Å². The van der Waals surface area contributed by atoms with Gasteiger partial charge in [-0.2, -0.15) is 0 Å². The van der Waals surface area contributed by atoms with E-state index in [2.05, 4.69) is 4.98 Å². The lowest BCUT2D eigenvalue weighted by atomic mass is 9.96. The monoisotopic (exact) mass is 306 g/mol. The number of nitrogens with zero attached hydrogens (tertiary/aromatic N) is 2. The van der Waals surface area contributed by atoms with E-state index in [0.717, 1.165) is 11.3 Å². The van der Waals surface area contributed by atoms with Crippen molar-refractivity contribution in [3.63, 3.8) is 0 Å². The van der Waals surface area contributed by atoms with Gasteiger partial charge in [-0.3, -0.25) is 4.79 Å². The molecule has 2 heterocycles. The number of hydrogen-bond donors (Lipinski definition) is 1. The van der Waals surface area contributed by atoms with Crippen molar-refractivity contribution < 1.29 is 14.6 Å². The number of methoxy groups -OCH3 is 1. The quantitative estimate of drug-likeness (QED) is 0.866. The first-order chi connectivity index (χ1) is 10.1. The van der Waals surface area contributed by atoms with E-state index in [9.17, 15) is 9.90 Å². The lowest BCUT2D eigenvalue weighted by molar-refractivity contribution is -0.146. The molecule has 1 N–H and O–H groups in total. The number of ether oxygens (including phenoxy) is 1. The molecule has 5 nitrogen and oxygen atoms in total. The van der Waals surface area contributed by atoms with Crippen LogP contribution in [0.2, 0.25) is 5.15 Å². The highest BCUT2D eigenvalue weighted by Crippen LogP contribution is 2.33.